The quantitative estimate of drug-likeness (QED) is 0.286. The van der Waals surface area contributed by atoms with Gasteiger partial charge in [-0.2, -0.15) is 0 Å². The summed E-state index contributed by atoms with van der Waals surface area (Å²) in [6, 6.07) is 8.88. The molecule has 0 bridgehead atoms. The van der Waals surface area contributed by atoms with E-state index >= 15 is 0 Å². The number of carboxylic acids is 1. The van der Waals surface area contributed by atoms with Gasteiger partial charge in [0.2, 0.25) is 0 Å². The first-order chi connectivity index (χ1) is 18.3. The number of anilines is 1. The summed E-state index contributed by atoms with van der Waals surface area (Å²) in [5.41, 5.74) is 3.17. The highest BCUT2D eigenvalue weighted by Crippen LogP contribution is 2.32. The minimum absolute atomic E-state index is 0.00526. The SMILES string of the molecule is CCOc1cc2c(cc1C(=O)NC)C(=N)N(CC(=O)c1cc(OCCCC(=O)O)cc(N3CCCC3)c1)C2. The van der Waals surface area contributed by atoms with Crippen molar-refractivity contribution in [3.63, 3.8) is 0 Å². The maximum absolute atomic E-state index is 13.4. The lowest BCUT2D eigenvalue weighted by Gasteiger charge is -2.21. The van der Waals surface area contributed by atoms with Gasteiger partial charge in [0.15, 0.2) is 5.78 Å². The summed E-state index contributed by atoms with van der Waals surface area (Å²) in [6.45, 7) is 4.64. The lowest BCUT2D eigenvalue weighted by molar-refractivity contribution is -0.137. The Morgan fingerprint density at radius 1 is 1.08 bits per heavy atom. The number of carbonyl (C=O) groups is 3. The van der Waals surface area contributed by atoms with E-state index in [1.54, 1.807) is 30.1 Å². The number of Topliss-reactive ketones (excluding diaryl/α,β-unsaturated/α-hetero) is 1. The van der Waals surface area contributed by atoms with Crippen molar-refractivity contribution >= 4 is 29.2 Å². The lowest BCUT2D eigenvalue weighted by atomic mass is 10.0. The monoisotopic (exact) mass is 522 g/mol. The first kappa shape index (κ1) is 27.0. The van der Waals surface area contributed by atoms with Gasteiger partial charge in [-0.3, -0.25) is 19.8 Å². The molecule has 1 saturated heterocycles. The van der Waals surface area contributed by atoms with Crippen LogP contribution in [0.4, 0.5) is 5.69 Å². The van der Waals surface area contributed by atoms with Crippen molar-refractivity contribution < 1.29 is 29.0 Å². The number of hydrogen-bond acceptors (Lipinski definition) is 7. The summed E-state index contributed by atoms with van der Waals surface area (Å²) in [5.74, 6) is -0.166. The second-order valence-corrected chi connectivity index (χ2v) is 9.40. The fourth-order valence-corrected chi connectivity index (χ4v) is 4.81. The molecule has 0 atom stereocenters. The van der Waals surface area contributed by atoms with Crippen LogP contribution in [0.2, 0.25) is 0 Å². The number of aliphatic carboxylic acids is 1. The smallest absolute Gasteiger partial charge is 0.303 e. The lowest BCUT2D eigenvalue weighted by Crippen LogP contribution is -2.30. The first-order valence-electron chi connectivity index (χ1n) is 12.9. The number of carboxylic acid groups (broad SMARTS) is 1. The minimum Gasteiger partial charge on any atom is -0.493 e. The number of ether oxygens (including phenoxy) is 2. The minimum atomic E-state index is -0.875. The van der Waals surface area contributed by atoms with Crippen molar-refractivity contribution in [2.24, 2.45) is 0 Å². The molecule has 3 N–H and O–H groups in total. The number of nitrogens with one attached hydrogen (secondary N) is 2. The van der Waals surface area contributed by atoms with Crippen LogP contribution in [0.1, 0.15) is 64.4 Å². The molecule has 1 fully saturated rings. The van der Waals surface area contributed by atoms with Gasteiger partial charge in [-0.1, -0.05) is 0 Å². The third-order valence-electron chi connectivity index (χ3n) is 6.73. The molecule has 2 aliphatic rings. The highest BCUT2D eigenvalue weighted by atomic mass is 16.5. The Balaban J connectivity index is 1.53. The molecule has 2 aromatic carbocycles. The molecule has 202 valence electrons. The van der Waals surface area contributed by atoms with Crippen LogP contribution in [0.15, 0.2) is 30.3 Å². The number of fused-ring (bicyclic) bond motifs is 1. The Labute approximate surface area is 222 Å². The third kappa shape index (κ3) is 6.07. The van der Waals surface area contributed by atoms with Crippen molar-refractivity contribution in [1.29, 1.82) is 5.41 Å². The molecule has 10 heteroatoms. The summed E-state index contributed by atoms with van der Waals surface area (Å²) in [6.07, 6.45) is 2.55. The molecule has 2 aromatic rings. The van der Waals surface area contributed by atoms with Gasteiger partial charge in [0, 0.05) is 56.0 Å². The molecular formula is C28H34N4O6. The van der Waals surface area contributed by atoms with Crippen LogP contribution in [-0.4, -0.2) is 73.4 Å². The summed E-state index contributed by atoms with van der Waals surface area (Å²) in [5, 5.41) is 20.2. The van der Waals surface area contributed by atoms with Crippen LogP contribution < -0.4 is 19.7 Å². The molecule has 0 radical (unpaired) electrons. The number of hydrogen-bond donors (Lipinski definition) is 3. The number of benzene rings is 2. The summed E-state index contributed by atoms with van der Waals surface area (Å²) < 4.78 is 11.5. The zero-order chi connectivity index (χ0) is 27.2. The van der Waals surface area contributed by atoms with Gasteiger partial charge < -0.3 is 29.7 Å². The number of amidine groups is 1. The van der Waals surface area contributed by atoms with E-state index in [4.69, 9.17) is 20.0 Å². The molecular weight excluding hydrogens is 488 g/mol. The zero-order valence-electron chi connectivity index (χ0n) is 21.8. The Morgan fingerprint density at radius 3 is 2.53 bits per heavy atom. The van der Waals surface area contributed by atoms with Gasteiger partial charge >= 0.3 is 5.97 Å². The maximum Gasteiger partial charge on any atom is 0.303 e. The van der Waals surface area contributed by atoms with Crippen LogP contribution in [0.5, 0.6) is 11.5 Å². The zero-order valence-corrected chi connectivity index (χ0v) is 21.8. The van der Waals surface area contributed by atoms with Crippen LogP contribution in [-0.2, 0) is 11.3 Å². The van der Waals surface area contributed by atoms with Gasteiger partial charge in [0.25, 0.3) is 5.91 Å². The van der Waals surface area contributed by atoms with Gasteiger partial charge in [-0.05, 0) is 56.0 Å². The van der Waals surface area contributed by atoms with Crippen molar-refractivity contribution in [2.75, 3.05) is 44.8 Å². The van der Waals surface area contributed by atoms with E-state index in [0.717, 1.165) is 37.2 Å². The van der Waals surface area contributed by atoms with Crippen molar-refractivity contribution in [1.82, 2.24) is 10.2 Å². The number of amides is 1. The van der Waals surface area contributed by atoms with E-state index in [2.05, 4.69) is 10.2 Å². The van der Waals surface area contributed by atoms with Crippen LogP contribution in [0.25, 0.3) is 0 Å². The van der Waals surface area contributed by atoms with E-state index in [1.165, 1.54) is 0 Å². The maximum atomic E-state index is 13.4. The van der Waals surface area contributed by atoms with E-state index in [9.17, 15) is 14.4 Å². The van der Waals surface area contributed by atoms with Gasteiger partial charge in [-0.15, -0.1) is 0 Å². The largest absolute Gasteiger partial charge is 0.493 e. The second-order valence-electron chi connectivity index (χ2n) is 9.40. The molecule has 38 heavy (non-hydrogen) atoms. The van der Waals surface area contributed by atoms with Gasteiger partial charge in [0.05, 0.1) is 25.3 Å². The molecule has 1 amide bonds. The summed E-state index contributed by atoms with van der Waals surface area (Å²) in [7, 11) is 1.54. The number of carbonyl (C=O) groups excluding carboxylic acids is 2. The summed E-state index contributed by atoms with van der Waals surface area (Å²) in [4.78, 5) is 40.6. The predicted octanol–water partition coefficient (Wildman–Crippen LogP) is 3.31. The molecule has 0 spiro atoms. The van der Waals surface area contributed by atoms with Crippen molar-refractivity contribution in [3.05, 3.63) is 52.6 Å². The van der Waals surface area contributed by atoms with E-state index in [-0.39, 0.29) is 37.1 Å². The Morgan fingerprint density at radius 2 is 1.84 bits per heavy atom. The highest BCUT2D eigenvalue weighted by Gasteiger charge is 2.29. The standard InChI is InChI=1S/C28H34N4O6/c1-3-37-25-13-19-16-32(27(29)22(19)15-23(25)28(36)30-2)17-24(33)18-11-20(31-8-4-5-9-31)14-21(12-18)38-10-6-7-26(34)35/h11-15,29H,3-10,16-17H2,1-2H3,(H,30,36)(H,34,35). The highest BCUT2D eigenvalue weighted by molar-refractivity contribution is 6.07. The molecule has 2 aliphatic heterocycles. The topological polar surface area (TPSA) is 132 Å². The van der Waals surface area contributed by atoms with Gasteiger partial charge in [-0.25, -0.2) is 0 Å². The van der Waals surface area contributed by atoms with Gasteiger partial charge in [0.1, 0.15) is 17.3 Å². The number of rotatable bonds is 12. The van der Waals surface area contributed by atoms with E-state index in [1.807, 2.05) is 19.1 Å². The molecule has 0 saturated carbocycles. The molecule has 0 aromatic heterocycles. The third-order valence-corrected chi connectivity index (χ3v) is 6.73. The Kier molecular flexibility index (Phi) is 8.50. The van der Waals surface area contributed by atoms with Crippen LogP contribution in [0.3, 0.4) is 0 Å². The molecule has 0 aliphatic carbocycles. The van der Waals surface area contributed by atoms with E-state index in [0.29, 0.717) is 47.8 Å². The summed E-state index contributed by atoms with van der Waals surface area (Å²) >= 11 is 0. The average Bonchev–Trinajstić information content (AvgIpc) is 3.54. The Bertz CT molecular complexity index is 1240. The molecule has 10 nitrogen and oxygen atoms in total. The number of ketones is 1. The van der Waals surface area contributed by atoms with E-state index < -0.39 is 5.97 Å². The van der Waals surface area contributed by atoms with Crippen molar-refractivity contribution in [3.8, 4) is 11.5 Å². The average molecular weight is 523 g/mol. The second kappa shape index (κ2) is 12.0. The number of nitrogens with zero attached hydrogens (tertiary/aromatic N) is 2. The molecule has 4 rings (SSSR count). The van der Waals surface area contributed by atoms with Crippen LogP contribution in [0, 0.1) is 5.41 Å². The normalized spacial score (nSPS) is 14.4. The van der Waals surface area contributed by atoms with Crippen LogP contribution >= 0.6 is 0 Å². The molecule has 0 unspecified atom stereocenters. The first-order valence-corrected chi connectivity index (χ1v) is 12.9. The predicted molar refractivity (Wildman–Crippen MR) is 143 cm³/mol. The Hall–Kier alpha value is -4.08. The van der Waals surface area contributed by atoms with Crippen molar-refractivity contribution in [2.45, 2.75) is 39.2 Å². The molecule has 2 heterocycles. The fourth-order valence-electron chi connectivity index (χ4n) is 4.81. The fraction of sp³-hybridized carbons (Fsp3) is 0.429.